The quantitative estimate of drug-likeness (QED) is 0.796. The summed E-state index contributed by atoms with van der Waals surface area (Å²) in [5, 5.41) is 0. The number of rotatable bonds is 2. The van der Waals surface area contributed by atoms with Crippen LogP contribution in [-0.4, -0.2) is 6.18 Å². The Balaban J connectivity index is 2.22. The highest BCUT2D eigenvalue weighted by Gasteiger charge is 2.35. The Hall–Kier alpha value is -0.970. The maximum atomic E-state index is 12.8. The van der Waals surface area contributed by atoms with E-state index < -0.39 is 12.6 Å². The van der Waals surface area contributed by atoms with Gasteiger partial charge in [0.25, 0.3) is 0 Å². The number of halogens is 3. The van der Waals surface area contributed by atoms with Crippen LogP contribution in [0.5, 0.6) is 0 Å². The molecule has 0 N–H and O–H groups in total. The third kappa shape index (κ3) is 2.18. The number of nitrogens with zero attached hydrogens (tertiary/aromatic N) is 1. The predicted octanol–water partition coefficient (Wildman–Crippen LogP) is 4.13. The van der Waals surface area contributed by atoms with Crippen molar-refractivity contribution in [3.8, 4) is 0 Å². The van der Waals surface area contributed by atoms with Crippen molar-refractivity contribution in [2.45, 2.75) is 51.1 Å². The van der Waals surface area contributed by atoms with Crippen LogP contribution in [0.15, 0.2) is 4.36 Å². The van der Waals surface area contributed by atoms with Gasteiger partial charge in [0.05, 0.1) is 12.1 Å². The predicted molar refractivity (Wildman–Crippen MR) is 69.7 cm³/mol. The zero-order valence-electron chi connectivity index (χ0n) is 10.4. The Morgan fingerprint density at radius 2 is 1.37 bits per heavy atom. The van der Waals surface area contributed by atoms with Crippen molar-refractivity contribution in [3.63, 3.8) is 0 Å². The average molecular weight is 285 g/mol. The summed E-state index contributed by atoms with van der Waals surface area (Å²) in [6, 6.07) is 0. The number of benzene rings is 1. The molecule has 0 fully saturated rings. The summed E-state index contributed by atoms with van der Waals surface area (Å²) in [6.45, 7) is 0. The van der Waals surface area contributed by atoms with Crippen LogP contribution in [0.2, 0.25) is 0 Å². The molecule has 0 saturated heterocycles. The second kappa shape index (κ2) is 4.54. The molecule has 0 bridgehead atoms. The van der Waals surface area contributed by atoms with Crippen LogP contribution in [-0.2, 0) is 44.5 Å². The molecule has 0 amide bonds. The topological polar surface area (TPSA) is 12.4 Å². The minimum Gasteiger partial charge on any atom is -0.181 e. The van der Waals surface area contributed by atoms with Gasteiger partial charge in [0.2, 0.25) is 0 Å². The molecule has 0 unspecified atom stereocenters. The Labute approximate surface area is 115 Å². The molecule has 0 aromatic heterocycles. The van der Waals surface area contributed by atoms with Crippen LogP contribution >= 0.6 is 0 Å². The summed E-state index contributed by atoms with van der Waals surface area (Å²) in [5.41, 5.74) is 5.13. The fourth-order valence-corrected chi connectivity index (χ4v) is 3.78. The van der Waals surface area contributed by atoms with Gasteiger partial charge in [-0.15, -0.1) is 0 Å². The largest absolute Gasteiger partial charge is 0.393 e. The molecular formula is C14H14F3NS. The van der Waals surface area contributed by atoms with E-state index in [-0.39, 0.29) is 0 Å². The second-order valence-electron chi connectivity index (χ2n) is 5.33. The third-order valence-corrected chi connectivity index (χ3v) is 4.39. The number of fused-ring (bicyclic) bond motifs is 2. The van der Waals surface area contributed by atoms with Crippen LogP contribution in [0, 0.1) is 0 Å². The van der Waals surface area contributed by atoms with E-state index in [1.54, 1.807) is 0 Å². The molecule has 1 nitrogen and oxygen atoms in total. The van der Waals surface area contributed by atoms with E-state index in [4.69, 9.17) is 12.4 Å². The van der Waals surface area contributed by atoms with Gasteiger partial charge in [0, 0.05) is 12.4 Å². The summed E-state index contributed by atoms with van der Waals surface area (Å²) in [5.74, 6) is 0. The smallest absolute Gasteiger partial charge is 0.181 e. The zero-order chi connectivity index (χ0) is 13.6. The highest BCUT2D eigenvalue weighted by atomic mass is 32.1. The molecule has 0 spiro atoms. The van der Waals surface area contributed by atoms with E-state index in [0.717, 1.165) is 66.5 Å². The van der Waals surface area contributed by atoms with Crippen molar-refractivity contribution in [2.24, 2.45) is 4.36 Å². The van der Waals surface area contributed by atoms with Crippen LogP contribution in [0.4, 0.5) is 18.9 Å². The fraction of sp³-hybridized carbons (Fsp3) is 0.571. The van der Waals surface area contributed by atoms with Gasteiger partial charge >= 0.3 is 6.18 Å². The van der Waals surface area contributed by atoms with Crippen molar-refractivity contribution >= 4 is 18.1 Å². The first-order chi connectivity index (χ1) is 9.01. The highest BCUT2D eigenvalue weighted by molar-refractivity contribution is 7.47. The number of alkyl halides is 3. The second-order valence-corrected chi connectivity index (χ2v) is 5.51. The molecule has 0 atom stereocenters. The Morgan fingerprint density at radius 3 is 1.79 bits per heavy atom. The molecule has 0 heterocycles. The molecule has 0 radical (unpaired) electrons. The van der Waals surface area contributed by atoms with Crippen LogP contribution in [0.3, 0.4) is 0 Å². The van der Waals surface area contributed by atoms with Crippen LogP contribution in [0.1, 0.15) is 40.7 Å². The lowest BCUT2D eigenvalue weighted by Crippen LogP contribution is -2.15. The van der Waals surface area contributed by atoms with Crippen molar-refractivity contribution in [1.29, 1.82) is 0 Å². The van der Waals surface area contributed by atoms with Crippen molar-refractivity contribution in [1.82, 2.24) is 0 Å². The van der Waals surface area contributed by atoms with Gasteiger partial charge < -0.3 is 0 Å². The number of hydrogen-bond donors (Lipinski definition) is 0. The molecule has 5 heteroatoms. The third-order valence-electron chi connectivity index (χ3n) is 4.20. The van der Waals surface area contributed by atoms with Gasteiger partial charge in [-0.3, -0.25) is 0 Å². The van der Waals surface area contributed by atoms with E-state index in [9.17, 15) is 13.2 Å². The van der Waals surface area contributed by atoms with Gasteiger partial charge in [-0.25, -0.2) is 0 Å². The molecule has 3 rings (SSSR count). The molecule has 1 aromatic rings. The zero-order valence-corrected chi connectivity index (χ0v) is 11.3. The molecule has 0 saturated carbocycles. The molecule has 1 aromatic carbocycles. The molecule has 2 aliphatic carbocycles. The molecule has 0 aliphatic heterocycles. The van der Waals surface area contributed by atoms with Crippen molar-refractivity contribution in [2.75, 3.05) is 0 Å². The summed E-state index contributed by atoms with van der Waals surface area (Å²) < 4.78 is 42.4. The maximum Gasteiger partial charge on any atom is 0.393 e. The number of hydrogen-bond acceptors (Lipinski definition) is 2. The van der Waals surface area contributed by atoms with E-state index in [2.05, 4.69) is 4.36 Å². The van der Waals surface area contributed by atoms with Crippen molar-refractivity contribution in [3.05, 3.63) is 27.8 Å². The minimum atomic E-state index is -4.14. The summed E-state index contributed by atoms with van der Waals surface area (Å²) in [7, 11) is 0. The van der Waals surface area contributed by atoms with Gasteiger partial charge in [-0.2, -0.15) is 17.5 Å². The maximum absolute atomic E-state index is 12.8. The monoisotopic (exact) mass is 285 g/mol. The fourth-order valence-electron chi connectivity index (χ4n) is 3.56. The minimum absolute atomic E-state index is 0.537. The van der Waals surface area contributed by atoms with Crippen LogP contribution < -0.4 is 0 Å². The SMILES string of the molecule is FC(F)(F)Cc1c2c(c(N=S)c3c1CCC3)CCC2. The lowest BCUT2D eigenvalue weighted by atomic mass is 9.90. The summed E-state index contributed by atoms with van der Waals surface area (Å²) in [6.07, 6.45) is 0.0280. The van der Waals surface area contributed by atoms with Gasteiger partial charge in [-0.05, 0) is 66.3 Å². The first kappa shape index (κ1) is 13.0. The normalized spacial score (nSPS) is 17.4. The molecular weight excluding hydrogens is 271 g/mol. The average Bonchev–Trinajstić information content (AvgIpc) is 2.94. The van der Waals surface area contributed by atoms with Gasteiger partial charge in [0.1, 0.15) is 0 Å². The summed E-state index contributed by atoms with van der Waals surface area (Å²) in [4.78, 5) is 0. The Kier molecular flexibility index (Phi) is 3.12. The molecule has 2 aliphatic rings. The first-order valence-electron chi connectivity index (χ1n) is 6.59. The standard InChI is InChI=1S/C14H14F3NS/c15-14(16,17)7-12-8-3-1-5-10(8)13(18-19)11-6-2-4-9(11)12/h1-7H2. The lowest BCUT2D eigenvalue weighted by Gasteiger charge is -2.18. The Bertz CT molecular complexity index is 514. The molecule has 19 heavy (non-hydrogen) atoms. The van der Waals surface area contributed by atoms with Crippen LogP contribution in [0.25, 0.3) is 0 Å². The Morgan fingerprint density at radius 1 is 0.895 bits per heavy atom. The first-order valence-corrected chi connectivity index (χ1v) is 6.96. The van der Waals surface area contributed by atoms with Gasteiger partial charge in [-0.1, -0.05) is 0 Å². The molecule has 102 valence electrons. The lowest BCUT2D eigenvalue weighted by molar-refractivity contribution is -0.127. The van der Waals surface area contributed by atoms with Crippen molar-refractivity contribution < 1.29 is 13.2 Å². The van der Waals surface area contributed by atoms with E-state index in [1.807, 2.05) is 0 Å². The highest BCUT2D eigenvalue weighted by Crippen LogP contribution is 2.44. The summed E-state index contributed by atoms with van der Waals surface area (Å²) >= 11 is 4.86. The van der Waals surface area contributed by atoms with E-state index in [1.165, 1.54) is 0 Å². The van der Waals surface area contributed by atoms with Gasteiger partial charge in [0.15, 0.2) is 0 Å². The van der Waals surface area contributed by atoms with E-state index >= 15 is 0 Å². The van der Waals surface area contributed by atoms with E-state index in [0.29, 0.717) is 5.56 Å².